The minimum atomic E-state index is -0.813. The number of carbonyl (C=O) groups is 2. The highest BCUT2D eigenvalue weighted by molar-refractivity contribution is 5.87. The van der Waals surface area contributed by atoms with Crippen LogP contribution >= 0.6 is 0 Å². The Bertz CT molecular complexity index is 1890. The van der Waals surface area contributed by atoms with Crippen LogP contribution in [-0.4, -0.2) is 83.5 Å². The zero-order chi connectivity index (χ0) is 35.4. The number of benzene rings is 3. The predicted molar refractivity (Wildman–Crippen MR) is 183 cm³/mol. The Labute approximate surface area is 291 Å². The van der Waals surface area contributed by atoms with Crippen molar-refractivity contribution < 1.29 is 34.0 Å². The van der Waals surface area contributed by atoms with Crippen LogP contribution in [0.25, 0.3) is 0 Å². The third-order valence-electron chi connectivity index (χ3n) is 11.0. The Morgan fingerprint density at radius 1 is 1.08 bits per heavy atom. The second kappa shape index (κ2) is 13.0. The summed E-state index contributed by atoms with van der Waals surface area (Å²) in [5.74, 6) is 0.900. The Morgan fingerprint density at radius 3 is 2.54 bits per heavy atom. The van der Waals surface area contributed by atoms with Crippen molar-refractivity contribution in [3.05, 3.63) is 75.3 Å². The lowest BCUT2D eigenvalue weighted by Gasteiger charge is -2.60. The number of amides is 2. The maximum Gasteiger partial charge on any atom is 0.242 e. The quantitative estimate of drug-likeness (QED) is 0.278. The number of fused-ring (bicyclic) bond motifs is 9. The Kier molecular flexibility index (Phi) is 8.74. The summed E-state index contributed by atoms with van der Waals surface area (Å²) in [4.78, 5) is 30.6. The van der Waals surface area contributed by atoms with Crippen molar-refractivity contribution >= 4 is 11.8 Å². The Morgan fingerprint density at radius 2 is 1.82 bits per heavy atom. The summed E-state index contributed by atoms with van der Waals surface area (Å²) in [7, 11) is 3.51. The molecular weight excluding hydrogens is 638 g/mol. The summed E-state index contributed by atoms with van der Waals surface area (Å²) < 4.78 is 17.5. The molecule has 1 saturated heterocycles. The summed E-state index contributed by atoms with van der Waals surface area (Å²) in [5.41, 5.74) is 5.45. The van der Waals surface area contributed by atoms with E-state index < -0.39 is 18.1 Å². The number of nitrogens with one attached hydrogen (secondary N) is 2. The van der Waals surface area contributed by atoms with Gasteiger partial charge in [0.1, 0.15) is 17.8 Å². The lowest BCUT2D eigenvalue weighted by atomic mass is 9.71. The van der Waals surface area contributed by atoms with E-state index in [1.165, 1.54) is 7.11 Å². The number of carbonyl (C=O) groups excluding carboxylic acids is 2. The summed E-state index contributed by atoms with van der Waals surface area (Å²) in [6, 6.07) is 11.3. The number of hydrogen-bond donors (Lipinski definition) is 4. The van der Waals surface area contributed by atoms with Gasteiger partial charge in [0.05, 0.1) is 25.3 Å². The highest BCUT2D eigenvalue weighted by Crippen LogP contribution is 2.58. The maximum absolute atomic E-state index is 13.6. The standard InChI is InChI=1S/C38H43N5O7/c1-19-13-23-14-25-27(16-39)43-26(32(42(25)4)30(23)34(46)35(19)48-5)15-24-31(37-36(49-18-50-37)20(2)33(24)45)28(43)17-40-38(47)21(3)41-29(44)12-11-22-9-7-6-8-10-22/h6-10,13,21,25-28,32,45-46H,11-12,14-15,17-18H2,1-5H3,(H,40,47)(H,41,44)/t21?,25-,26?,27-,28-,32-/m0/s1. The SMILES string of the molecule is COc1c(C)cc2c(c1O)[C@@H]1C3Cc4c(O)c(C)c5c(c4[C@H](CNC(=O)C(C)NC(=O)CCc4ccccc4)N3[C@@H](C#N)[C@H](C2)N1C)OCO5. The van der Waals surface area contributed by atoms with Crippen molar-refractivity contribution in [1.82, 2.24) is 20.4 Å². The minimum absolute atomic E-state index is 0.0172. The van der Waals surface area contributed by atoms with E-state index >= 15 is 0 Å². The van der Waals surface area contributed by atoms with Gasteiger partial charge in [0.15, 0.2) is 23.0 Å². The molecule has 1 fully saturated rings. The molecule has 2 amide bonds. The van der Waals surface area contributed by atoms with Crippen molar-refractivity contribution in [2.45, 2.75) is 82.7 Å². The molecule has 50 heavy (non-hydrogen) atoms. The molecule has 4 aliphatic heterocycles. The van der Waals surface area contributed by atoms with Crippen molar-refractivity contribution in [2.24, 2.45) is 0 Å². The molecule has 0 saturated carbocycles. The predicted octanol–water partition coefficient (Wildman–Crippen LogP) is 3.48. The molecule has 262 valence electrons. The van der Waals surface area contributed by atoms with Crippen LogP contribution in [0, 0.1) is 25.2 Å². The molecule has 3 aromatic carbocycles. The molecule has 4 aliphatic rings. The number of phenols is 2. The van der Waals surface area contributed by atoms with Gasteiger partial charge < -0.3 is 35.1 Å². The van der Waals surface area contributed by atoms with Crippen molar-refractivity contribution in [3.8, 4) is 34.8 Å². The average molecular weight is 682 g/mol. The maximum atomic E-state index is 13.6. The number of aromatic hydroxyl groups is 2. The summed E-state index contributed by atoms with van der Waals surface area (Å²) >= 11 is 0. The first-order valence-electron chi connectivity index (χ1n) is 17.1. The van der Waals surface area contributed by atoms with Crippen LogP contribution in [0.5, 0.6) is 28.7 Å². The van der Waals surface area contributed by atoms with E-state index in [4.69, 9.17) is 14.2 Å². The van der Waals surface area contributed by atoms with Crippen molar-refractivity contribution in [1.29, 1.82) is 5.26 Å². The molecule has 0 spiro atoms. The fraction of sp³-hybridized carbons (Fsp3) is 0.447. The number of phenolic OH excluding ortho intramolecular Hbond substituents is 2. The van der Waals surface area contributed by atoms with E-state index in [1.54, 1.807) is 13.8 Å². The van der Waals surface area contributed by atoms with Gasteiger partial charge in [0, 0.05) is 47.3 Å². The molecule has 0 aliphatic carbocycles. The van der Waals surface area contributed by atoms with Gasteiger partial charge in [0.25, 0.3) is 0 Å². The van der Waals surface area contributed by atoms with Crippen LogP contribution in [-0.2, 0) is 28.9 Å². The second-order valence-electron chi connectivity index (χ2n) is 13.8. The first-order chi connectivity index (χ1) is 24.0. The summed E-state index contributed by atoms with van der Waals surface area (Å²) in [6.45, 7) is 5.38. The fourth-order valence-electron chi connectivity index (χ4n) is 8.67. The lowest BCUT2D eigenvalue weighted by Crippen LogP contribution is -2.68. The Hall–Kier alpha value is -4.99. The molecule has 2 bridgehead atoms. The van der Waals surface area contributed by atoms with Crippen LogP contribution in [0.1, 0.15) is 64.4 Å². The number of methoxy groups -OCH3 is 1. The number of ether oxygens (including phenoxy) is 3. The third-order valence-corrected chi connectivity index (χ3v) is 11.0. The highest BCUT2D eigenvalue weighted by atomic mass is 16.7. The minimum Gasteiger partial charge on any atom is -0.507 e. The fourth-order valence-corrected chi connectivity index (χ4v) is 8.67. The molecule has 6 atom stereocenters. The molecule has 12 heteroatoms. The number of aryl methyl sites for hydroxylation is 2. The number of likely N-dealkylation sites (N-methyl/N-ethyl adjacent to an activating group) is 1. The Balaban J connectivity index is 1.24. The molecule has 0 aromatic heterocycles. The van der Waals surface area contributed by atoms with Crippen molar-refractivity contribution in [3.63, 3.8) is 0 Å². The summed E-state index contributed by atoms with van der Waals surface area (Å²) in [6.07, 6.45) is 1.68. The largest absolute Gasteiger partial charge is 0.507 e. The van der Waals surface area contributed by atoms with Crippen molar-refractivity contribution in [2.75, 3.05) is 27.5 Å². The topological polar surface area (TPSA) is 157 Å². The van der Waals surface area contributed by atoms with Gasteiger partial charge in [0.2, 0.25) is 18.6 Å². The molecular formula is C38H43N5O7. The third kappa shape index (κ3) is 5.36. The van der Waals surface area contributed by atoms with Gasteiger partial charge in [-0.3, -0.25) is 19.4 Å². The zero-order valence-electron chi connectivity index (χ0n) is 28.9. The molecule has 12 nitrogen and oxygen atoms in total. The van der Waals surface area contributed by atoms with E-state index in [0.717, 1.165) is 22.3 Å². The number of hydrogen-bond acceptors (Lipinski definition) is 10. The average Bonchev–Trinajstić information content (AvgIpc) is 3.59. The normalized spacial score (nSPS) is 23.9. The van der Waals surface area contributed by atoms with Gasteiger partial charge >= 0.3 is 0 Å². The number of rotatable bonds is 8. The van der Waals surface area contributed by atoms with Crippen LogP contribution < -0.4 is 24.8 Å². The van der Waals surface area contributed by atoms with E-state index in [0.29, 0.717) is 53.2 Å². The van der Waals surface area contributed by atoms with E-state index in [1.807, 2.05) is 50.4 Å². The number of piperazine rings is 1. The molecule has 2 unspecified atom stereocenters. The molecule has 4 N–H and O–H groups in total. The van der Waals surface area contributed by atoms with Crippen LogP contribution in [0.3, 0.4) is 0 Å². The van der Waals surface area contributed by atoms with E-state index in [9.17, 15) is 25.1 Å². The van der Waals surface area contributed by atoms with Gasteiger partial charge in [-0.2, -0.15) is 5.26 Å². The lowest BCUT2D eigenvalue weighted by molar-refractivity contribution is -0.129. The smallest absolute Gasteiger partial charge is 0.242 e. The summed E-state index contributed by atoms with van der Waals surface area (Å²) in [5, 5.41) is 40.0. The number of nitrogens with zero attached hydrogens (tertiary/aromatic N) is 3. The van der Waals surface area contributed by atoms with Crippen LogP contribution in [0.2, 0.25) is 0 Å². The highest BCUT2D eigenvalue weighted by Gasteiger charge is 2.56. The molecule has 3 aromatic rings. The molecule has 4 heterocycles. The monoisotopic (exact) mass is 681 g/mol. The van der Waals surface area contributed by atoms with Gasteiger partial charge in [-0.05, 0) is 63.8 Å². The van der Waals surface area contributed by atoms with Gasteiger partial charge in [-0.15, -0.1) is 0 Å². The van der Waals surface area contributed by atoms with Gasteiger partial charge in [-0.1, -0.05) is 36.4 Å². The first kappa shape index (κ1) is 33.5. The molecule has 0 radical (unpaired) electrons. The van der Waals surface area contributed by atoms with E-state index in [-0.39, 0.29) is 61.2 Å². The first-order valence-corrected chi connectivity index (χ1v) is 17.1. The second-order valence-corrected chi connectivity index (χ2v) is 13.8. The molecule has 7 rings (SSSR count). The van der Waals surface area contributed by atoms with Crippen LogP contribution in [0.15, 0.2) is 36.4 Å². The zero-order valence-corrected chi connectivity index (χ0v) is 28.9. The van der Waals surface area contributed by atoms with Gasteiger partial charge in [-0.25, -0.2) is 0 Å². The van der Waals surface area contributed by atoms with Crippen LogP contribution in [0.4, 0.5) is 0 Å². The number of nitriles is 1. The van der Waals surface area contributed by atoms with E-state index in [2.05, 4.69) is 26.5 Å².